The molecule has 6 heteroatoms. The molecule has 0 radical (unpaired) electrons. The summed E-state index contributed by atoms with van der Waals surface area (Å²) in [5.41, 5.74) is 5.26. The van der Waals surface area contributed by atoms with Crippen molar-refractivity contribution < 1.29 is 9.59 Å². The molecule has 6 nitrogen and oxygen atoms in total. The number of aromatic nitrogens is 2. The number of primary amides is 1. The zero-order valence-electron chi connectivity index (χ0n) is 11.7. The average molecular weight is 276 g/mol. The highest BCUT2D eigenvalue weighted by molar-refractivity contribution is 6.03. The van der Waals surface area contributed by atoms with E-state index in [0.717, 1.165) is 25.7 Å². The Kier molecular flexibility index (Phi) is 4.65. The van der Waals surface area contributed by atoms with Gasteiger partial charge in [-0.3, -0.25) is 9.59 Å². The molecule has 108 valence electrons. The lowest BCUT2D eigenvalue weighted by atomic mass is 9.98. The van der Waals surface area contributed by atoms with Crippen LogP contribution in [0.1, 0.15) is 53.6 Å². The lowest BCUT2D eigenvalue weighted by Crippen LogP contribution is -2.34. The van der Waals surface area contributed by atoms with E-state index < -0.39 is 5.91 Å². The summed E-state index contributed by atoms with van der Waals surface area (Å²) >= 11 is 0. The second-order valence-corrected chi connectivity index (χ2v) is 5.12. The number of hydrogen-bond acceptors (Lipinski definition) is 4. The van der Waals surface area contributed by atoms with E-state index in [4.69, 9.17) is 5.73 Å². The molecule has 1 saturated heterocycles. The molecule has 2 rings (SSSR count). The minimum atomic E-state index is -0.720. The highest BCUT2D eigenvalue weighted by Crippen LogP contribution is 2.21. The summed E-state index contributed by atoms with van der Waals surface area (Å²) in [6, 6.07) is 0. The molecule has 0 aromatic carbocycles. The van der Waals surface area contributed by atoms with E-state index >= 15 is 0 Å². The maximum Gasteiger partial charge on any atom is 0.274 e. The van der Waals surface area contributed by atoms with Crippen LogP contribution in [-0.4, -0.2) is 39.8 Å². The van der Waals surface area contributed by atoms with E-state index in [0.29, 0.717) is 19.0 Å². The molecule has 20 heavy (non-hydrogen) atoms. The Labute approximate surface area is 118 Å². The van der Waals surface area contributed by atoms with E-state index in [1.807, 2.05) is 0 Å². The fraction of sp³-hybridized carbons (Fsp3) is 0.571. The van der Waals surface area contributed by atoms with Crippen molar-refractivity contribution in [3.63, 3.8) is 0 Å². The van der Waals surface area contributed by atoms with Crippen LogP contribution >= 0.6 is 0 Å². The van der Waals surface area contributed by atoms with E-state index in [1.165, 1.54) is 12.4 Å². The van der Waals surface area contributed by atoms with Gasteiger partial charge < -0.3 is 10.6 Å². The van der Waals surface area contributed by atoms with E-state index in [-0.39, 0.29) is 17.3 Å². The van der Waals surface area contributed by atoms with Crippen LogP contribution in [0.2, 0.25) is 0 Å². The van der Waals surface area contributed by atoms with Gasteiger partial charge in [-0.2, -0.15) is 0 Å². The third-order valence-electron chi connectivity index (χ3n) is 3.85. The van der Waals surface area contributed by atoms with Crippen LogP contribution in [0.25, 0.3) is 0 Å². The van der Waals surface area contributed by atoms with E-state index in [2.05, 4.69) is 16.9 Å². The first-order valence-corrected chi connectivity index (χ1v) is 7.03. The molecule has 0 spiro atoms. The molecule has 1 unspecified atom stereocenters. The number of nitrogens with two attached hydrogens (primary N) is 1. The molecule has 2 heterocycles. The van der Waals surface area contributed by atoms with Crippen molar-refractivity contribution >= 4 is 11.8 Å². The van der Waals surface area contributed by atoms with Crippen LogP contribution in [0.4, 0.5) is 0 Å². The molecule has 2 amide bonds. The number of rotatable bonds is 3. The highest BCUT2D eigenvalue weighted by Gasteiger charge is 2.25. The third kappa shape index (κ3) is 3.12. The number of likely N-dealkylation sites (tertiary alicyclic amines) is 1. The van der Waals surface area contributed by atoms with Crippen LogP contribution in [0, 0.1) is 5.92 Å². The van der Waals surface area contributed by atoms with Crippen LogP contribution in [0.5, 0.6) is 0 Å². The van der Waals surface area contributed by atoms with Gasteiger partial charge in [0.1, 0.15) is 0 Å². The highest BCUT2D eigenvalue weighted by atomic mass is 16.2. The summed E-state index contributed by atoms with van der Waals surface area (Å²) in [5.74, 6) is -0.295. The zero-order valence-corrected chi connectivity index (χ0v) is 11.7. The first-order valence-electron chi connectivity index (χ1n) is 7.03. The lowest BCUT2D eigenvalue weighted by Gasteiger charge is -2.20. The largest absolute Gasteiger partial charge is 0.364 e. The average Bonchev–Trinajstić information content (AvgIpc) is 2.71. The van der Waals surface area contributed by atoms with Gasteiger partial charge in [-0.25, -0.2) is 9.97 Å². The molecule has 0 saturated carbocycles. The molecule has 1 aliphatic rings. The minimum Gasteiger partial charge on any atom is -0.364 e. The smallest absolute Gasteiger partial charge is 0.274 e. The third-order valence-corrected chi connectivity index (χ3v) is 3.85. The summed E-state index contributed by atoms with van der Waals surface area (Å²) in [6.45, 7) is 3.58. The standard InChI is InChI=1S/C14H20N4O2/c1-2-10-4-3-8-18(9-5-10)14(20)12-11(13(15)19)16-6-7-17-12/h6-7,10H,2-5,8-9H2,1H3,(H2,15,19). The van der Waals surface area contributed by atoms with Gasteiger partial charge in [-0.1, -0.05) is 13.3 Å². The molecule has 1 fully saturated rings. The van der Waals surface area contributed by atoms with Crippen molar-refractivity contribution in [3.8, 4) is 0 Å². The molecule has 1 aliphatic heterocycles. The van der Waals surface area contributed by atoms with Crippen LogP contribution in [0.3, 0.4) is 0 Å². The van der Waals surface area contributed by atoms with Gasteiger partial charge in [0.05, 0.1) is 0 Å². The fourth-order valence-corrected chi connectivity index (χ4v) is 2.60. The molecule has 1 aromatic rings. The summed E-state index contributed by atoms with van der Waals surface area (Å²) in [5, 5.41) is 0. The van der Waals surface area contributed by atoms with Gasteiger partial charge in [-0.05, 0) is 25.2 Å². The second kappa shape index (κ2) is 6.45. The van der Waals surface area contributed by atoms with Gasteiger partial charge in [0.25, 0.3) is 11.8 Å². The van der Waals surface area contributed by atoms with Crippen molar-refractivity contribution in [2.75, 3.05) is 13.1 Å². The summed E-state index contributed by atoms with van der Waals surface area (Å²) < 4.78 is 0. The Hall–Kier alpha value is -1.98. The summed E-state index contributed by atoms with van der Waals surface area (Å²) in [7, 11) is 0. The van der Waals surface area contributed by atoms with Crippen LogP contribution in [0.15, 0.2) is 12.4 Å². The number of carbonyl (C=O) groups excluding carboxylic acids is 2. The predicted molar refractivity (Wildman–Crippen MR) is 74.1 cm³/mol. The zero-order chi connectivity index (χ0) is 14.5. The normalized spacial score (nSPS) is 19.4. The van der Waals surface area contributed by atoms with Gasteiger partial charge in [0.2, 0.25) is 0 Å². The maximum absolute atomic E-state index is 12.5. The van der Waals surface area contributed by atoms with Gasteiger partial charge in [-0.15, -0.1) is 0 Å². The Morgan fingerprint density at radius 2 is 1.95 bits per heavy atom. The Morgan fingerprint density at radius 3 is 2.60 bits per heavy atom. The number of amides is 2. The summed E-state index contributed by atoms with van der Waals surface area (Å²) in [4.78, 5) is 33.4. The molecule has 1 atom stereocenters. The monoisotopic (exact) mass is 276 g/mol. The molecule has 0 aliphatic carbocycles. The van der Waals surface area contributed by atoms with Crippen molar-refractivity contribution in [2.45, 2.75) is 32.6 Å². The Morgan fingerprint density at radius 1 is 1.25 bits per heavy atom. The van der Waals surface area contributed by atoms with Gasteiger partial charge in [0.15, 0.2) is 11.4 Å². The molecule has 2 N–H and O–H groups in total. The quantitative estimate of drug-likeness (QED) is 0.899. The molecular formula is C14H20N4O2. The van der Waals surface area contributed by atoms with Crippen molar-refractivity contribution in [2.24, 2.45) is 11.7 Å². The lowest BCUT2D eigenvalue weighted by molar-refractivity contribution is 0.0747. The molecular weight excluding hydrogens is 256 g/mol. The maximum atomic E-state index is 12.5. The van der Waals surface area contributed by atoms with Gasteiger partial charge in [0, 0.05) is 25.5 Å². The number of nitrogens with zero attached hydrogens (tertiary/aromatic N) is 3. The molecule has 1 aromatic heterocycles. The van der Waals surface area contributed by atoms with E-state index in [9.17, 15) is 9.59 Å². The Balaban J connectivity index is 2.17. The van der Waals surface area contributed by atoms with Crippen molar-refractivity contribution in [3.05, 3.63) is 23.8 Å². The number of carbonyl (C=O) groups is 2. The summed E-state index contributed by atoms with van der Waals surface area (Å²) in [6.07, 6.45) is 7.03. The fourth-order valence-electron chi connectivity index (χ4n) is 2.60. The van der Waals surface area contributed by atoms with Crippen LogP contribution in [-0.2, 0) is 0 Å². The second-order valence-electron chi connectivity index (χ2n) is 5.12. The first kappa shape index (κ1) is 14.4. The molecule has 0 bridgehead atoms. The predicted octanol–water partition coefficient (Wildman–Crippen LogP) is 1.23. The van der Waals surface area contributed by atoms with Crippen molar-refractivity contribution in [1.82, 2.24) is 14.9 Å². The van der Waals surface area contributed by atoms with Gasteiger partial charge >= 0.3 is 0 Å². The minimum absolute atomic E-state index is 0.0474. The van der Waals surface area contributed by atoms with Crippen LogP contribution < -0.4 is 5.73 Å². The Bertz CT molecular complexity index is 504. The van der Waals surface area contributed by atoms with E-state index in [1.54, 1.807) is 4.90 Å². The SMILES string of the molecule is CCC1CCCN(C(=O)c2nccnc2C(N)=O)CC1. The topological polar surface area (TPSA) is 89.2 Å². The number of hydrogen-bond donors (Lipinski definition) is 1. The van der Waals surface area contributed by atoms with Crippen molar-refractivity contribution in [1.29, 1.82) is 0 Å². The first-order chi connectivity index (χ1) is 9.63.